The fraction of sp³-hybridized carbons (Fsp3) is 0.286. The number of imide groups is 1. The minimum Gasteiger partial charge on any atom is -0.497 e. The number of hydrogen-bond donors (Lipinski definition) is 1. The van der Waals surface area contributed by atoms with Crippen LogP contribution in [0.25, 0.3) is 0 Å². The van der Waals surface area contributed by atoms with Crippen molar-refractivity contribution >= 4 is 23.4 Å². The van der Waals surface area contributed by atoms with E-state index in [9.17, 15) is 14.4 Å². The highest BCUT2D eigenvalue weighted by Gasteiger charge is 2.34. The number of fused-ring (bicyclic) bond motifs is 1. The Bertz CT molecular complexity index is 874. The van der Waals surface area contributed by atoms with Gasteiger partial charge in [-0.05, 0) is 37.1 Å². The Hall–Kier alpha value is -3.35. The van der Waals surface area contributed by atoms with Gasteiger partial charge in [0.2, 0.25) is 5.91 Å². The van der Waals surface area contributed by atoms with Crippen LogP contribution in [0.5, 0.6) is 11.5 Å². The van der Waals surface area contributed by atoms with Crippen LogP contribution < -0.4 is 14.8 Å². The molecule has 2 aromatic carbocycles. The van der Waals surface area contributed by atoms with Crippen LogP contribution in [0.2, 0.25) is 0 Å². The zero-order valence-corrected chi connectivity index (χ0v) is 15.9. The van der Waals surface area contributed by atoms with Gasteiger partial charge in [-0.3, -0.25) is 19.3 Å². The first-order valence-corrected chi connectivity index (χ1v) is 9.02. The molecule has 0 atom stereocenters. The summed E-state index contributed by atoms with van der Waals surface area (Å²) in [4.78, 5) is 38.1. The van der Waals surface area contributed by atoms with Crippen molar-refractivity contribution in [1.29, 1.82) is 0 Å². The number of anilines is 1. The molecule has 0 fully saturated rings. The second kappa shape index (κ2) is 8.56. The van der Waals surface area contributed by atoms with E-state index in [1.807, 2.05) is 0 Å². The second-order valence-electron chi connectivity index (χ2n) is 6.38. The molecule has 0 aromatic heterocycles. The van der Waals surface area contributed by atoms with E-state index in [4.69, 9.17) is 9.47 Å². The first-order valence-electron chi connectivity index (χ1n) is 9.02. The van der Waals surface area contributed by atoms with Crippen molar-refractivity contribution in [2.24, 2.45) is 0 Å². The fourth-order valence-electron chi connectivity index (χ4n) is 3.12. The number of rotatable bonds is 8. The van der Waals surface area contributed by atoms with Gasteiger partial charge < -0.3 is 14.8 Å². The molecule has 0 saturated carbocycles. The zero-order chi connectivity index (χ0) is 20.1. The molecule has 0 radical (unpaired) electrons. The number of methoxy groups -OCH3 is 2. The summed E-state index contributed by atoms with van der Waals surface area (Å²) in [6, 6.07) is 12.0. The van der Waals surface area contributed by atoms with Gasteiger partial charge in [-0.25, -0.2) is 0 Å². The maximum absolute atomic E-state index is 12.3. The maximum Gasteiger partial charge on any atom is 0.261 e. The molecule has 7 nitrogen and oxygen atoms in total. The van der Waals surface area contributed by atoms with E-state index in [2.05, 4.69) is 5.32 Å². The van der Waals surface area contributed by atoms with Gasteiger partial charge >= 0.3 is 0 Å². The van der Waals surface area contributed by atoms with E-state index in [0.717, 1.165) is 0 Å². The van der Waals surface area contributed by atoms with Crippen molar-refractivity contribution in [2.75, 3.05) is 26.1 Å². The normalized spacial score (nSPS) is 12.7. The predicted octanol–water partition coefficient (Wildman–Crippen LogP) is 3.11. The molecular weight excluding hydrogens is 360 g/mol. The van der Waals surface area contributed by atoms with Crippen molar-refractivity contribution in [3.8, 4) is 11.5 Å². The SMILES string of the molecule is COc1ccc(OC)c(NC(=O)CCCCN2C(=O)c3ccccc3C2=O)c1. The molecule has 2 aromatic rings. The molecule has 146 valence electrons. The topological polar surface area (TPSA) is 84.9 Å². The zero-order valence-electron chi connectivity index (χ0n) is 15.9. The van der Waals surface area contributed by atoms with Crippen LogP contribution in [0, 0.1) is 0 Å². The van der Waals surface area contributed by atoms with Crippen molar-refractivity contribution in [1.82, 2.24) is 4.90 Å². The lowest BCUT2D eigenvalue weighted by molar-refractivity contribution is -0.116. The van der Waals surface area contributed by atoms with Crippen LogP contribution in [0.1, 0.15) is 40.0 Å². The summed E-state index contributed by atoms with van der Waals surface area (Å²) in [5.41, 5.74) is 1.41. The van der Waals surface area contributed by atoms with Gasteiger partial charge in [-0.2, -0.15) is 0 Å². The van der Waals surface area contributed by atoms with Gasteiger partial charge in [0.15, 0.2) is 0 Å². The largest absolute Gasteiger partial charge is 0.497 e. The standard InChI is InChI=1S/C21H22N2O5/c1-27-14-10-11-18(28-2)17(13-14)22-19(24)9-5-6-12-23-20(25)15-7-3-4-8-16(15)21(23)26/h3-4,7-8,10-11,13H,5-6,9,12H2,1-2H3,(H,22,24). The van der Waals surface area contributed by atoms with Crippen molar-refractivity contribution in [3.05, 3.63) is 53.6 Å². The Morgan fingerprint density at radius 1 is 0.964 bits per heavy atom. The molecule has 3 rings (SSSR count). The summed E-state index contributed by atoms with van der Waals surface area (Å²) in [6.07, 6.45) is 1.36. The fourth-order valence-corrected chi connectivity index (χ4v) is 3.12. The quantitative estimate of drug-likeness (QED) is 0.560. The molecule has 1 heterocycles. The molecule has 1 aliphatic heterocycles. The van der Waals surface area contributed by atoms with E-state index in [1.54, 1.807) is 49.6 Å². The number of nitrogens with one attached hydrogen (secondary N) is 1. The van der Waals surface area contributed by atoms with E-state index in [0.29, 0.717) is 47.7 Å². The molecule has 28 heavy (non-hydrogen) atoms. The van der Waals surface area contributed by atoms with Gasteiger partial charge in [0, 0.05) is 19.0 Å². The van der Waals surface area contributed by atoms with Gasteiger partial charge in [0.05, 0.1) is 31.0 Å². The minimum atomic E-state index is -0.272. The third-order valence-corrected chi connectivity index (χ3v) is 4.59. The van der Waals surface area contributed by atoms with E-state index >= 15 is 0 Å². The molecule has 0 saturated heterocycles. The summed E-state index contributed by atoms with van der Waals surface area (Å²) in [6.45, 7) is 0.294. The van der Waals surface area contributed by atoms with Crippen LogP contribution in [-0.2, 0) is 4.79 Å². The third-order valence-electron chi connectivity index (χ3n) is 4.59. The summed E-state index contributed by atoms with van der Waals surface area (Å²) in [5.74, 6) is 0.438. The number of unbranched alkanes of at least 4 members (excludes halogenated alkanes) is 1. The van der Waals surface area contributed by atoms with Crippen LogP contribution in [0.15, 0.2) is 42.5 Å². The molecule has 0 aliphatic carbocycles. The number of carbonyl (C=O) groups excluding carboxylic acids is 3. The van der Waals surface area contributed by atoms with Crippen molar-refractivity contribution < 1.29 is 23.9 Å². The van der Waals surface area contributed by atoms with Gasteiger partial charge in [0.1, 0.15) is 11.5 Å². The number of hydrogen-bond acceptors (Lipinski definition) is 5. The van der Waals surface area contributed by atoms with Crippen LogP contribution in [0.4, 0.5) is 5.69 Å². The van der Waals surface area contributed by atoms with Crippen LogP contribution >= 0.6 is 0 Å². The Labute approximate surface area is 163 Å². The molecule has 0 unspecified atom stereocenters. The highest BCUT2D eigenvalue weighted by atomic mass is 16.5. The maximum atomic E-state index is 12.3. The predicted molar refractivity (Wildman–Crippen MR) is 104 cm³/mol. The summed E-state index contributed by atoms with van der Waals surface area (Å²) < 4.78 is 10.4. The number of carbonyl (C=O) groups is 3. The minimum absolute atomic E-state index is 0.172. The Kier molecular flexibility index (Phi) is 5.93. The Balaban J connectivity index is 1.49. The number of amides is 3. The highest BCUT2D eigenvalue weighted by molar-refractivity contribution is 6.21. The molecule has 3 amide bonds. The third kappa shape index (κ3) is 3.98. The lowest BCUT2D eigenvalue weighted by Crippen LogP contribution is -2.30. The molecule has 7 heteroatoms. The number of nitrogens with zero attached hydrogens (tertiary/aromatic N) is 1. The average Bonchev–Trinajstić information content (AvgIpc) is 2.96. The van der Waals surface area contributed by atoms with Crippen LogP contribution in [-0.4, -0.2) is 43.4 Å². The highest BCUT2D eigenvalue weighted by Crippen LogP contribution is 2.29. The smallest absolute Gasteiger partial charge is 0.261 e. The first-order chi connectivity index (χ1) is 13.5. The van der Waals surface area contributed by atoms with E-state index < -0.39 is 0 Å². The van der Waals surface area contributed by atoms with Crippen molar-refractivity contribution in [2.45, 2.75) is 19.3 Å². The average molecular weight is 382 g/mol. The molecule has 0 spiro atoms. The monoisotopic (exact) mass is 382 g/mol. The lowest BCUT2D eigenvalue weighted by Gasteiger charge is -2.14. The summed E-state index contributed by atoms with van der Waals surface area (Å²) >= 11 is 0. The Morgan fingerprint density at radius 2 is 1.64 bits per heavy atom. The summed E-state index contributed by atoms with van der Waals surface area (Å²) in [7, 11) is 3.08. The van der Waals surface area contributed by atoms with Crippen LogP contribution in [0.3, 0.4) is 0 Å². The second-order valence-corrected chi connectivity index (χ2v) is 6.38. The molecule has 1 N–H and O–H groups in total. The van der Waals surface area contributed by atoms with E-state index in [-0.39, 0.29) is 24.1 Å². The van der Waals surface area contributed by atoms with E-state index in [1.165, 1.54) is 12.0 Å². The van der Waals surface area contributed by atoms with Gasteiger partial charge in [-0.1, -0.05) is 12.1 Å². The molecule has 0 bridgehead atoms. The lowest BCUT2D eigenvalue weighted by atomic mass is 10.1. The molecular formula is C21H22N2O5. The number of benzene rings is 2. The van der Waals surface area contributed by atoms with Gasteiger partial charge in [-0.15, -0.1) is 0 Å². The molecule has 1 aliphatic rings. The van der Waals surface area contributed by atoms with Crippen molar-refractivity contribution in [3.63, 3.8) is 0 Å². The Morgan fingerprint density at radius 3 is 2.25 bits per heavy atom. The first kappa shape index (κ1) is 19.4. The van der Waals surface area contributed by atoms with Gasteiger partial charge in [0.25, 0.3) is 11.8 Å². The summed E-state index contributed by atoms with van der Waals surface area (Å²) in [5, 5.41) is 2.80. The number of ether oxygens (including phenoxy) is 2.